The molecule has 0 bridgehead atoms. The Balaban J connectivity index is 2.41. The minimum Gasteiger partial charge on any atom is -0.494 e. The van der Waals surface area contributed by atoms with Crippen LogP contribution in [-0.4, -0.2) is 32.3 Å². The quantitative estimate of drug-likeness (QED) is 0.743. The van der Waals surface area contributed by atoms with E-state index in [0.717, 1.165) is 12.2 Å². The first kappa shape index (κ1) is 14.3. The van der Waals surface area contributed by atoms with Gasteiger partial charge in [-0.1, -0.05) is 6.92 Å². The molecule has 0 aromatic heterocycles. The highest BCUT2D eigenvalue weighted by Crippen LogP contribution is 2.17. The molecule has 0 amide bonds. The molecule has 0 aliphatic carbocycles. The summed E-state index contributed by atoms with van der Waals surface area (Å²) in [6.07, 6.45) is 0.965. The lowest BCUT2D eigenvalue weighted by atomic mass is 10.3. The van der Waals surface area contributed by atoms with Crippen LogP contribution in [0.5, 0.6) is 11.5 Å². The van der Waals surface area contributed by atoms with Gasteiger partial charge in [-0.15, -0.1) is 0 Å². The molecule has 0 spiro atoms. The Hall–Kier alpha value is -1.75. The van der Waals surface area contributed by atoms with Crippen LogP contribution in [0.1, 0.15) is 13.3 Å². The summed E-state index contributed by atoms with van der Waals surface area (Å²) in [5.41, 5.74) is 5.55. The zero-order valence-corrected chi connectivity index (χ0v) is 10.7. The average Bonchev–Trinajstić information content (AvgIpc) is 2.42. The predicted octanol–water partition coefficient (Wildman–Crippen LogP) is 1.35. The van der Waals surface area contributed by atoms with Crippen molar-refractivity contribution in [3.8, 4) is 11.5 Å². The van der Waals surface area contributed by atoms with Gasteiger partial charge in [0.05, 0.1) is 13.7 Å². The van der Waals surface area contributed by atoms with Crippen LogP contribution in [0.2, 0.25) is 0 Å². The van der Waals surface area contributed by atoms with Gasteiger partial charge in [-0.05, 0) is 30.7 Å². The standard InChI is InChI=1S/C13H19NO4/c1-3-8-17-10-4-6-11(7-5-10)18-9-12(14)13(15)16-2/h4-7,12H,3,8-9,14H2,1-2H3. The molecule has 5 nitrogen and oxygen atoms in total. The second-order valence-electron chi connectivity index (χ2n) is 3.76. The fourth-order valence-electron chi connectivity index (χ4n) is 1.26. The summed E-state index contributed by atoms with van der Waals surface area (Å²) in [7, 11) is 1.29. The molecule has 0 aliphatic rings. The lowest BCUT2D eigenvalue weighted by Crippen LogP contribution is -2.37. The highest BCUT2D eigenvalue weighted by Gasteiger charge is 2.14. The summed E-state index contributed by atoms with van der Waals surface area (Å²) in [6, 6.07) is 6.40. The van der Waals surface area contributed by atoms with Crippen molar-refractivity contribution in [2.45, 2.75) is 19.4 Å². The number of nitrogens with two attached hydrogens (primary N) is 1. The summed E-state index contributed by atoms with van der Waals surface area (Å²) >= 11 is 0. The molecule has 0 radical (unpaired) electrons. The van der Waals surface area contributed by atoms with Crippen molar-refractivity contribution in [3.63, 3.8) is 0 Å². The number of rotatable bonds is 7. The molecule has 0 heterocycles. The van der Waals surface area contributed by atoms with E-state index in [1.165, 1.54) is 7.11 Å². The van der Waals surface area contributed by atoms with E-state index < -0.39 is 12.0 Å². The van der Waals surface area contributed by atoms with Crippen molar-refractivity contribution in [3.05, 3.63) is 24.3 Å². The number of esters is 1. The van der Waals surface area contributed by atoms with Gasteiger partial charge in [-0.25, -0.2) is 0 Å². The third kappa shape index (κ3) is 4.63. The first-order valence-corrected chi connectivity index (χ1v) is 5.86. The van der Waals surface area contributed by atoms with Crippen LogP contribution in [0.15, 0.2) is 24.3 Å². The van der Waals surface area contributed by atoms with Gasteiger partial charge in [0, 0.05) is 0 Å². The fraction of sp³-hybridized carbons (Fsp3) is 0.462. The highest BCUT2D eigenvalue weighted by molar-refractivity contribution is 5.75. The molecular weight excluding hydrogens is 234 g/mol. The summed E-state index contributed by atoms with van der Waals surface area (Å²) in [5, 5.41) is 0. The van der Waals surface area contributed by atoms with Gasteiger partial charge >= 0.3 is 5.97 Å². The number of ether oxygens (including phenoxy) is 3. The van der Waals surface area contributed by atoms with Gasteiger partial charge in [-0.3, -0.25) is 4.79 Å². The van der Waals surface area contributed by atoms with Gasteiger partial charge in [0.1, 0.15) is 24.1 Å². The second-order valence-corrected chi connectivity index (χ2v) is 3.76. The Morgan fingerprint density at radius 2 is 1.78 bits per heavy atom. The molecule has 1 rings (SSSR count). The van der Waals surface area contributed by atoms with E-state index in [-0.39, 0.29) is 6.61 Å². The fourth-order valence-corrected chi connectivity index (χ4v) is 1.26. The molecule has 1 aromatic carbocycles. The molecule has 0 saturated carbocycles. The molecule has 100 valence electrons. The summed E-state index contributed by atoms with van der Waals surface area (Å²) in [6.45, 7) is 2.82. The monoisotopic (exact) mass is 253 g/mol. The molecular formula is C13H19NO4. The van der Waals surface area contributed by atoms with E-state index in [9.17, 15) is 4.79 Å². The molecule has 18 heavy (non-hydrogen) atoms. The number of benzene rings is 1. The van der Waals surface area contributed by atoms with Crippen LogP contribution in [-0.2, 0) is 9.53 Å². The Kier molecular flexibility index (Phi) is 6.00. The maximum Gasteiger partial charge on any atom is 0.326 e. The van der Waals surface area contributed by atoms with E-state index in [0.29, 0.717) is 12.4 Å². The zero-order valence-electron chi connectivity index (χ0n) is 10.7. The van der Waals surface area contributed by atoms with Gasteiger partial charge in [0.25, 0.3) is 0 Å². The molecule has 1 aromatic rings. The van der Waals surface area contributed by atoms with E-state index >= 15 is 0 Å². The van der Waals surface area contributed by atoms with Crippen LogP contribution in [0.3, 0.4) is 0 Å². The molecule has 0 aliphatic heterocycles. The number of hydrogen-bond acceptors (Lipinski definition) is 5. The first-order valence-electron chi connectivity index (χ1n) is 5.86. The molecule has 1 atom stereocenters. The van der Waals surface area contributed by atoms with E-state index in [4.69, 9.17) is 15.2 Å². The van der Waals surface area contributed by atoms with Crippen LogP contribution in [0, 0.1) is 0 Å². The first-order chi connectivity index (χ1) is 8.67. The minimum atomic E-state index is -0.772. The average molecular weight is 253 g/mol. The summed E-state index contributed by atoms with van der Waals surface area (Å²) in [4.78, 5) is 11.1. The van der Waals surface area contributed by atoms with Gasteiger partial charge in [-0.2, -0.15) is 0 Å². The Morgan fingerprint density at radius 3 is 2.28 bits per heavy atom. The number of hydrogen-bond donors (Lipinski definition) is 1. The van der Waals surface area contributed by atoms with E-state index in [2.05, 4.69) is 4.74 Å². The normalized spacial score (nSPS) is 11.7. The smallest absolute Gasteiger partial charge is 0.326 e. The van der Waals surface area contributed by atoms with Gasteiger partial charge in [0.2, 0.25) is 0 Å². The number of carbonyl (C=O) groups is 1. The third-order valence-corrected chi connectivity index (χ3v) is 2.23. The Labute approximate surface area is 107 Å². The van der Waals surface area contributed by atoms with Crippen LogP contribution < -0.4 is 15.2 Å². The lowest BCUT2D eigenvalue weighted by Gasteiger charge is -2.11. The van der Waals surface area contributed by atoms with Crippen molar-refractivity contribution in [2.24, 2.45) is 5.73 Å². The topological polar surface area (TPSA) is 70.8 Å². The van der Waals surface area contributed by atoms with Gasteiger partial charge in [0.15, 0.2) is 0 Å². The third-order valence-electron chi connectivity index (χ3n) is 2.23. The minimum absolute atomic E-state index is 0.0852. The largest absolute Gasteiger partial charge is 0.494 e. The Bertz CT molecular complexity index is 364. The molecule has 2 N–H and O–H groups in total. The van der Waals surface area contributed by atoms with Gasteiger partial charge < -0.3 is 19.9 Å². The van der Waals surface area contributed by atoms with E-state index in [1.54, 1.807) is 12.1 Å². The van der Waals surface area contributed by atoms with E-state index in [1.807, 2.05) is 19.1 Å². The van der Waals surface area contributed by atoms with Crippen molar-refractivity contribution in [1.29, 1.82) is 0 Å². The van der Waals surface area contributed by atoms with Crippen LogP contribution >= 0.6 is 0 Å². The molecule has 0 saturated heterocycles. The zero-order chi connectivity index (χ0) is 13.4. The molecule has 5 heteroatoms. The van der Waals surface area contributed by atoms with Crippen LogP contribution in [0.25, 0.3) is 0 Å². The maximum absolute atomic E-state index is 11.1. The van der Waals surface area contributed by atoms with Crippen LogP contribution in [0.4, 0.5) is 0 Å². The maximum atomic E-state index is 11.1. The number of carbonyl (C=O) groups excluding carboxylic acids is 1. The SMILES string of the molecule is CCCOc1ccc(OCC(N)C(=O)OC)cc1. The van der Waals surface area contributed by atoms with Crippen molar-refractivity contribution >= 4 is 5.97 Å². The van der Waals surface area contributed by atoms with Crippen molar-refractivity contribution in [1.82, 2.24) is 0 Å². The Morgan fingerprint density at radius 1 is 1.22 bits per heavy atom. The second kappa shape index (κ2) is 7.55. The predicted molar refractivity (Wildman–Crippen MR) is 67.7 cm³/mol. The summed E-state index contributed by atoms with van der Waals surface area (Å²) < 4.78 is 15.3. The van der Waals surface area contributed by atoms with Crippen molar-refractivity contribution < 1.29 is 19.0 Å². The number of methoxy groups -OCH3 is 1. The lowest BCUT2D eigenvalue weighted by molar-refractivity contribution is -0.142. The molecule has 1 unspecified atom stereocenters. The molecule has 0 fully saturated rings. The van der Waals surface area contributed by atoms with Crippen molar-refractivity contribution in [2.75, 3.05) is 20.3 Å². The highest BCUT2D eigenvalue weighted by atomic mass is 16.5. The summed E-state index contributed by atoms with van der Waals surface area (Å²) in [5.74, 6) is 0.942.